The van der Waals surface area contributed by atoms with Gasteiger partial charge in [0.25, 0.3) is 0 Å². The van der Waals surface area contributed by atoms with Crippen molar-refractivity contribution in [3.63, 3.8) is 0 Å². The van der Waals surface area contributed by atoms with Crippen LogP contribution in [-0.4, -0.2) is 36.7 Å². The Labute approximate surface area is 161 Å². The van der Waals surface area contributed by atoms with Crippen LogP contribution in [-0.2, 0) is 13.1 Å². The minimum absolute atomic E-state index is 0.0377. The van der Waals surface area contributed by atoms with E-state index in [0.717, 1.165) is 37.2 Å². The number of carbonyl (C=O) groups is 1. The molecule has 3 rings (SSSR count). The van der Waals surface area contributed by atoms with Gasteiger partial charge in [0.15, 0.2) is 5.82 Å². The first-order valence-corrected chi connectivity index (χ1v) is 10.0. The average molecular weight is 371 g/mol. The summed E-state index contributed by atoms with van der Waals surface area (Å²) in [7, 11) is 0. The van der Waals surface area contributed by atoms with Crippen molar-refractivity contribution in [1.29, 1.82) is 0 Å². The van der Waals surface area contributed by atoms with E-state index in [4.69, 9.17) is 0 Å². The van der Waals surface area contributed by atoms with Crippen LogP contribution in [0.3, 0.4) is 0 Å². The Morgan fingerprint density at radius 1 is 1.37 bits per heavy atom. The Morgan fingerprint density at radius 2 is 2.19 bits per heavy atom. The van der Waals surface area contributed by atoms with Crippen LogP contribution in [0.1, 0.15) is 69.8 Å². The minimum Gasteiger partial charge on any atom is -0.328 e. The molecule has 1 saturated carbocycles. The molecule has 7 nitrogen and oxygen atoms in total. The predicted molar refractivity (Wildman–Crippen MR) is 104 cm³/mol. The average Bonchev–Trinajstić information content (AvgIpc) is 3.16. The molecule has 27 heavy (non-hydrogen) atoms. The van der Waals surface area contributed by atoms with Crippen LogP contribution in [0.2, 0.25) is 0 Å². The normalized spacial score (nSPS) is 16.1. The second-order valence-corrected chi connectivity index (χ2v) is 7.33. The topological polar surface area (TPSA) is 75.9 Å². The van der Waals surface area contributed by atoms with Crippen LogP contribution in [0.4, 0.5) is 4.79 Å². The molecule has 1 fully saturated rings. The molecule has 1 N–H and O–H groups in total. The molecule has 0 saturated heterocycles. The smallest absolute Gasteiger partial charge is 0.318 e. The number of amides is 2. The van der Waals surface area contributed by atoms with Gasteiger partial charge >= 0.3 is 6.03 Å². The lowest BCUT2D eigenvalue weighted by Crippen LogP contribution is -2.47. The zero-order chi connectivity index (χ0) is 19.1. The number of hydrogen-bond acceptors (Lipinski definition) is 4. The van der Waals surface area contributed by atoms with Gasteiger partial charge in [-0.1, -0.05) is 32.3 Å². The summed E-state index contributed by atoms with van der Waals surface area (Å²) >= 11 is 0. The minimum atomic E-state index is -0.188. The van der Waals surface area contributed by atoms with Crippen molar-refractivity contribution < 1.29 is 4.79 Å². The fraction of sp³-hybridized carbons (Fsp3) is 0.600. The maximum Gasteiger partial charge on any atom is 0.318 e. The summed E-state index contributed by atoms with van der Waals surface area (Å²) in [4.78, 5) is 19.3. The molecule has 146 valence electrons. The van der Waals surface area contributed by atoms with Gasteiger partial charge in [0.05, 0.1) is 6.04 Å². The van der Waals surface area contributed by atoms with E-state index < -0.39 is 0 Å². The van der Waals surface area contributed by atoms with Crippen molar-refractivity contribution in [1.82, 2.24) is 30.0 Å². The molecule has 0 unspecified atom stereocenters. The molecule has 0 spiro atoms. The lowest BCUT2D eigenvalue weighted by molar-refractivity contribution is 0.148. The Morgan fingerprint density at radius 3 is 2.89 bits per heavy atom. The van der Waals surface area contributed by atoms with Crippen molar-refractivity contribution in [2.45, 2.75) is 77.5 Å². The molecule has 1 aliphatic carbocycles. The zero-order valence-electron chi connectivity index (χ0n) is 16.3. The summed E-state index contributed by atoms with van der Waals surface area (Å²) in [6, 6.07) is 4.00. The highest BCUT2D eigenvalue weighted by Gasteiger charge is 2.27. The van der Waals surface area contributed by atoms with Gasteiger partial charge in [-0.25, -0.2) is 4.79 Å². The van der Waals surface area contributed by atoms with Gasteiger partial charge in [-0.15, -0.1) is 10.2 Å². The zero-order valence-corrected chi connectivity index (χ0v) is 16.3. The highest BCUT2D eigenvalue weighted by atomic mass is 16.2. The van der Waals surface area contributed by atoms with Crippen molar-refractivity contribution in [2.24, 2.45) is 0 Å². The molecule has 2 amide bonds. The van der Waals surface area contributed by atoms with Crippen molar-refractivity contribution in [3.05, 3.63) is 42.2 Å². The first kappa shape index (κ1) is 19.3. The monoisotopic (exact) mass is 370 g/mol. The van der Waals surface area contributed by atoms with Crippen LogP contribution in [0.5, 0.6) is 0 Å². The van der Waals surface area contributed by atoms with E-state index in [9.17, 15) is 4.79 Å². The molecule has 2 aromatic heterocycles. The van der Waals surface area contributed by atoms with Crippen LogP contribution < -0.4 is 5.32 Å². The maximum absolute atomic E-state index is 13.2. The third-order valence-corrected chi connectivity index (χ3v) is 5.19. The Bertz CT molecular complexity index is 710. The van der Waals surface area contributed by atoms with Gasteiger partial charge in [-0.3, -0.25) is 4.98 Å². The molecule has 7 heteroatoms. The van der Waals surface area contributed by atoms with E-state index in [-0.39, 0.29) is 18.1 Å². The van der Waals surface area contributed by atoms with E-state index in [2.05, 4.69) is 27.4 Å². The largest absolute Gasteiger partial charge is 0.328 e. The predicted octanol–water partition coefficient (Wildman–Crippen LogP) is 3.69. The quantitative estimate of drug-likeness (QED) is 0.806. The number of hydrogen-bond donors (Lipinski definition) is 1. The molecular formula is C20H30N6O. The third-order valence-electron chi connectivity index (χ3n) is 5.19. The number of urea groups is 1. The van der Waals surface area contributed by atoms with E-state index in [0.29, 0.717) is 6.54 Å². The third kappa shape index (κ3) is 5.05. The van der Waals surface area contributed by atoms with Gasteiger partial charge in [-0.2, -0.15) is 0 Å². The Balaban J connectivity index is 1.72. The van der Waals surface area contributed by atoms with Crippen LogP contribution in [0.25, 0.3) is 0 Å². The summed E-state index contributed by atoms with van der Waals surface area (Å²) in [6.45, 7) is 5.52. The van der Waals surface area contributed by atoms with E-state index >= 15 is 0 Å². The highest BCUT2D eigenvalue weighted by Crippen LogP contribution is 2.24. The fourth-order valence-electron chi connectivity index (χ4n) is 3.79. The maximum atomic E-state index is 13.2. The summed E-state index contributed by atoms with van der Waals surface area (Å²) in [5.74, 6) is 0.801. The summed E-state index contributed by atoms with van der Waals surface area (Å²) in [5.41, 5.74) is 1.06. The van der Waals surface area contributed by atoms with Crippen LogP contribution in [0, 0.1) is 0 Å². The summed E-state index contributed by atoms with van der Waals surface area (Å²) in [6.07, 6.45) is 12.1. The number of nitrogens with zero attached hydrogens (tertiary/aromatic N) is 5. The fourth-order valence-corrected chi connectivity index (χ4v) is 3.79. The van der Waals surface area contributed by atoms with Crippen LogP contribution in [0.15, 0.2) is 30.9 Å². The molecule has 0 radical (unpaired) electrons. The van der Waals surface area contributed by atoms with Gasteiger partial charge in [0.2, 0.25) is 0 Å². The van der Waals surface area contributed by atoms with Gasteiger partial charge < -0.3 is 14.8 Å². The number of nitrogens with one attached hydrogen (secondary N) is 1. The molecule has 2 aromatic rings. The van der Waals surface area contributed by atoms with E-state index in [1.807, 2.05) is 34.7 Å². The molecule has 0 aliphatic heterocycles. The second kappa shape index (κ2) is 9.48. The molecule has 0 aromatic carbocycles. The first-order chi connectivity index (χ1) is 13.2. The highest BCUT2D eigenvalue weighted by molar-refractivity contribution is 5.75. The number of aromatic nitrogens is 4. The number of aryl methyl sites for hydroxylation is 1. The van der Waals surface area contributed by atoms with Crippen molar-refractivity contribution >= 4 is 6.03 Å². The number of carbonyl (C=O) groups excluding carboxylic acids is 1. The van der Waals surface area contributed by atoms with Gasteiger partial charge in [0, 0.05) is 31.5 Å². The van der Waals surface area contributed by atoms with E-state index in [1.165, 1.54) is 19.3 Å². The van der Waals surface area contributed by atoms with Gasteiger partial charge in [0.1, 0.15) is 6.33 Å². The Kier molecular flexibility index (Phi) is 6.79. The Hall–Kier alpha value is -2.44. The standard InChI is InChI=1S/C20H30N6O/c1-3-12-25-15-22-24-19(25)16(2)23-20(27)26(18-9-5-4-6-10-18)14-17-8-7-11-21-13-17/h7-8,11,13,15-16,18H,3-6,9-10,12,14H2,1-2H3,(H,23,27)/t16-/m1/s1. The second-order valence-electron chi connectivity index (χ2n) is 7.33. The van der Waals surface area contributed by atoms with Crippen molar-refractivity contribution in [2.75, 3.05) is 0 Å². The first-order valence-electron chi connectivity index (χ1n) is 10.0. The van der Waals surface area contributed by atoms with Crippen molar-refractivity contribution in [3.8, 4) is 0 Å². The molecular weight excluding hydrogens is 340 g/mol. The van der Waals surface area contributed by atoms with E-state index in [1.54, 1.807) is 12.5 Å². The lowest BCUT2D eigenvalue weighted by atomic mass is 9.94. The van der Waals surface area contributed by atoms with Gasteiger partial charge in [-0.05, 0) is 37.8 Å². The summed E-state index contributed by atoms with van der Waals surface area (Å²) in [5, 5.41) is 11.4. The molecule has 0 bridgehead atoms. The SMILES string of the molecule is CCCn1cnnc1[C@@H](C)NC(=O)N(Cc1cccnc1)C1CCCCC1. The lowest BCUT2D eigenvalue weighted by Gasteiger charge is -2.35. The molecule has 1 aliphatic rings. The summed E-state index contributed by atoms with van der Waals surface area (Å²) < 4.78 is 2.01. The van der Waals surface area contributed by atoms with Crippen LogP contribution >= 0.6 is 0 Å². The molecule has 2 heterocycles. The number of rotatable bonds is 7. The molecule has 1 atom stereocenters. The number of pyridine rings is 1.